The molecule has 0 aliphatic carbocycles. The number of pyridine rings is 1. The number of cyclic esters (lactones) is 1. The maximum absolute atomic E-state index is 12.3. The number of nitrogens with zero attached hydrogens (tertiary/aromatic N) is 1. The molecule has 2 aromatic carbocycles. The summed E-state index contributed by atoms with van der Waals surface area (Å²) in [6, 6.07) is 23.3. The molecule has 0 radical (unpaired) electrons. The molecule has 0 saturated carbocycles. The van der Waals surface area contributed by atoms with Crippen molar-refractivity contribution in [2.45, 2.75) is 5.60 Å². The number of carbonyl (C=O) groups excluding carboxylic acids is 1. The summed E-state index contributed by atoms with van der Waals surface area (Å²) < 4.78 is 5.89. The average Bonchev–Trinajstić information content (AvgIpc) is 2.91. The van der Waals surface area contributed by atoms with Crippen LogP contribution in [-0.2, 0) is 10.3 Å². The van der Waals surface area contributed by atoms with Crippen molar-refractivity contribution in [3.8, 4) is 0 Å². The van der Waals surface area contributed by atoms with Crippen molar-refractivity contribution >= 4 is 5.97 Å². The summed E-state index contributed by atoms with van der Waals surface area (Å²) >= 11 is 0. The molecule has 4 rings (SSSR count). The second kappa shape index (κ2) is 4.81. The predicted molar refractivity (Wildman–Crippen MR) is 82.4 cm³/mol. The van der Waals surface area contributed by atoms with E-state index in [2.05, 4.69) is 4.98 Å². The maximum Gasteiger partial charge on any atom is 0.358 e. The van der Waals surface area contributed by atoms with Gasteiger partial charge in [-0.05, 0) is 6.07 Å². The van der Waals surface area contributed by atoms with Crippen molar-refractivity contribution in [1.29, 1.82) is 0 Å². The summed E-state index contributed by atoms with van der Waals surface area (Å²) in [7, 11) is 0. The Hall–Kier alpha value is -2.94. The molecule has 0 fully saturated rings. The summed E-state index contributed by atoms with van der Waals surface area (Å²) in [6.45, 7) is 0. The Morgan fingerprint density at radius 2 is 1.36 bits per heavy atom. The molecule has 0 unspecified atom stereocenters. The molecule has 3 heteroatoms. The van der Waals surface area contributed by atoms with E-state index < -0.39 is 5.60 Å². The Labute approximate surface area is 128 Å². The van der Waals surface area contributed by atoms with Crippen molar-refractivity contribution in [2.24, 2.45) is 0 Å². The molecule has 0 bridgehead atoms. The third-order valence-corrected chi connectivity index (χ3v) is 3.99. The van der Waals surface area contributed by atoms with Crippen LogP contribution in [-0.4, -0.2) is 11.0 Å². The monoisotopic (exact) mass is 287 g/mol. The standard InChI is InChI=1S/C19H13NO2/c21-18-17-16(12-7-13-20-17)19(22-18,14-8-3-1-4-9-14)15-10-5-2-6-11-15/h1-13H. The van der Waals surface area contributed by atoms with Gasteiger partial charge in [-0.15, -0.1) is 0 Å². The highest BCUT2D eigenvalue weighted by Gasteiger charge is 2.49. The Kier molecular flexibility index (Phi) is 2.79. The molecular weight excluding hydrogens is 274 g/mol. The first-order valence-electron chi connectivity index (χ1n) is 7.12. The summed E-state index contributed by atoms with van der Waals surface area (Å²) in [6.07, 6.45) is 1.62. The second-order valence-corrected chi connectivity index (χ2v) is 5.20. The second-order valence-electron chi connectivity index (χ2n) is 5.20. The average molecular weight is 287 g/mol. The van der Waals surface area contributed by atoms with Crippen LogP contribution < -0.4 is 0 Å². The fraction of sp³-hybridized carbons (Fsp3) is 0.0526. The number of carbonyl (C=O) groups is 1. The third kappa shape index (κ3) is 1.69. The topological polar surface area (TPSA) is 39.2 Å². The summed E-state index contributed by atoms with van der Waals surface area (Å²) in [4.78, 5) is 16.6. The van der Waals surface area contributed by atoms with Crippen molar-refractivity contribution < 1.29 is 9.53 Å². The minimum absolute atomic E-state index is 0.384. The molecule has 1 aliphatic rings. The number of rotatable bonds is 2. The van der Waals surface area contributed by atoms with Crippen molar-refractivity contribution in [3.63, 3.8) is 0 Å². The Bertz CT molecular complexity index is 789. The smallest absolute Gasteiger partial charge is 0.358 e. The van der Waals surface area contributed by atoms with Crippen molar-refractivity contribution in [2.75, 3.05) is 0 Å². The van der Waals surface area contributed by atoms with Crippen LogP contribution in [0.5, 0.6) is 0 Å². The molecule has 3 nitrogen and oxygen atoms in total. The van der Waals surface area contributed by atoms with Gasteiger partial charge in [0.1, 0.15) is 0 Å². The summed E-state index contributed by atoms with van der Waals surface area (Å²) in [5.74, 6) is -0.386. The van der Waals surface area contributed by atoms with E-state index in [1.54, 1.807) is 6.20 Å². The van der Waals surface area contributed by atoms with Crippen LogP contribution in [0.3, 0.4) is 0 Å². The van der Waals surface area contributed by atoms with Gasteiger partial charge < -0.3 is 4.74 Å². The number of esters is 1. The number of hydrogen-bond donors (Lipinski definition) is 0. The normalized spacial score (nSPS) is 15.2. The van der Waals surface area contributed by atoms with Crippen LogP contribution >= 0.6 is 0 Å². The quantitative estimate of drug-likeness (QED) is 0.677. The van der Waals surface area contributed by atoms with E-state index in [-0.39, 0.29) is 5.97 Å². The highest BCUT2D eigenvalue weighted by atomic mass is 16.6. The molecule has 1 aromatic heterocycles. The number of fused-ring (bicyclic) bond motifs is 1. The van der Waals surface area contributed by atoms with Crippen molar-refractivity contribution in [3.05, 3.63) is 101 Å². The zero-order valence-corrected chi connectivity index (χ0v) is 11.8. The highest BCUT2D eigenvalue weighted by Crippen LogP contribution is 2.45. The van der Waals surface area contributed by atoms with Gasteiger partial charge in [0.25, 0.3) is 0 Å². The van der Waals surface area contributed by atoms with Gasteiger partial charge in [0.2, 0.25) is 0 Å². The molecule has 3 aromatic rings. The van der Waals surface area contributed by atoms with E-state index in [0.717, 1.165) is 16.7 Å². The minimum Gasteiger partial charge on any atom is -0.439 e. The molecule has 1 aliphatic heterocycles. The SMILES string of the molecule is O=C1OC(c2ccccc2)(c2ccccc2)c2cccnc21. The lowest BCUT2D eigenvalue weighted by Gasteiger charge is -2.29. The molecule has 0 N–H and O–H groups in total. The Morgan fingerprint density at radius 1 is 0.773 bits per heavy atom. The molecule has 0 spiro atoms. The van der Waals surface area contributed by atoms with E-state index in [1.165, 1.54) is 0 Å². The van der Waals surface area contributed by atoms with E-state index >= 15 is 0 Å². The van der Waals surface area contributed by atoms with Crippen LogP contribution in [0.1, 0.15) is 27.2 Å². The molecular formula is C19H13NO2. The zero-order valence-electron chi connectivity index (χ0n) is 11.8. The van der Waals surface area contributed by atoms with Gasteiger partial charge in [0, 0.05) is 22.9 Å². The van der Waals surface area contributed by atoms with Gasteiger partial charge in [-0.3, -0.25) is 0 Å². The molecule has 22 heavy (non-hydrogen) atoms. The maximum atomic E-state index is 12.3. The van der Waals surface area contributed by atoms with Crippen LogP contribution in [0.25, 0.3) is 0 Å². The first-order valence-corrected chi connectivity index (χ1v) is 7.12. The van der Waals surface area contributed by atoms with Gasteiger partial charge in [0.05, 0.1) is 0 Å². The molecule has 106 valence electrons. The molecule has 0 atom stereocenters. The van der Waals surface area contributed by atoms with E-state index in [0.29, 0.717) is 5.69 Å². The summed E-state index contributed by atoms with van der Waals surface area (Å²) in [5.41, 5.74) is 2.08. The summed E-state index contributed by atoms with van der Waals surface area (Å²) in [5, 5.41) is 0. The Balaban J connectivity index is 2.06. The largest absolute Gasteiger partial charge is 0.439 e. The van der Waals surface area contributed by atoms with Crippen LogP contribution in [0.15, 0.2) is 79.0 Å². The first kappa shape index (κ1) is 12.8. The van der Waals surface area contributed by atoms with Crippen LogP contribution in [0.4, 0.5) is 0 Å². The lowest BCUT2D eigenvalue weighted by Crippen LogP contribution is -2.29. The highest BCUT2D eigenvalue weighted by molar-refractivity contribution is 5.94. The Morgan fingerprint density at radius 3 is 1.95 bits per heavy atom. The fourth-order valence-electron chi connectivity index (χ4n) is 3.04. The van der Waals surface area contributed by atoms with Gasteiger partial charge in [-0.1, -0.05) is 66.7 Å². The number of ether oxygens (including phenoxy) is 1. The van der Waals surface area contributed by atoms with Gasteiger partial charge in [-0.25, -0.2) is 9.78 Å². The predicted octanol–water partition coefficient (Wildman–Crippen LogP) is 3.54. The lowest BCUT2D eigenvalue weighted by molar-refractivity contribution is 0.0249. The van der Waals surface area contributed by atoms with Gasteiger partial charge in [-0.2, -0.15) is 0 Å². The van der Waals surface area contributed by atoms with Crippen LogP contribution in [0.2, 0.25) is 0 Å². The number of aromatic nitrogens is 1. The van der Waals surface area contributed by atoms with Gasteiger partial charge >= 0.3 is 5.97 Å². The molecule has 2 heterocycles. The van der Waals surface area contributed by atoms with Crippen LogP contribution in [0, 0.1) is 0 Å². The van der Waals surface area contributed by atoms with E-state index in [1.807, 2.05) is 72.8 Å². The minimum atomic E-state index is -0.927. The lowest BCUT2D eigenvalue weighted by atomic mass is 9.81. The number of hydrogen-bond acceptors (Lipinski definition) is 3. The zero-order chi connectivity index (χ0) is 15.0. The van der Waals surface area contributed by atoms with Crippen molar-refractivity contribution in [1.82, 2.24) is 4.98 Å². The fourth-order valence-corrected chi connectivity index (χ4v) is 3.04. The van der Waals surface area contributed by atoms with Gasteiger partial charge in [0.15, 0.2) is 11.3 Å². The number of benzene rings is 2. The molecule has 0 amide bonds. The van der Waals surface area contributed by atoms with E-state index in [9.17, 15) is 4.79 Å². The first-order chi connectivity index (χ1) is 10.8. The van der Waals surface area contributed by atoms with E-state index in [4.69, 9.17) is 4.74 Å². The molecule has 0 saturated heterocycles. The third-order valence-electron chi connectivity index (χ3n) is 3.99.